The largest absolute Gasteiger partial charge is 0.497 e. The second-order valence-electron chi connectivity index (χ2n) is 15.0. The molecule has 13 heteroatoms. The molecule has 298 valence electrons. The number of methoxy groups -OCH3 is 3. The molecule has 6 atom stereocenters. The SMILES string of the molecule is COCCCP(O[C@H]1[C@H]2OC[C@]1(COC(c1ccccc1)(c1ccc(OC)cc1)c1ccc(OC)cc1)O[C@H]2N1CC(C)C(=O)NC1=O)N(C(C)C)C(C)C. The molecule has 2 unspecified atom stereocenters. The van der Waals surface area contributed by atoms with Crippen LogP contribution in [0, 0.1) is 5.92 Å². The Bertz CT molecular complexity index is 1670. The van der Waals surface area contributed by atoms with Gasteiger partial charge in [0, 0.05) is 38.5 Å². The third-order valence-corrected chi connectivity index (χ3v) is 13.3. The first-order valence-corrected chi connectivity index (χ1v) is 20.5. The van der Waals surface area contributed by atoms with E-state index in [0.717, 1.165) is 40.8 Å². The summed E-state index contributed by atoms with van der Waals surface area (Å²) >= 11 is 0. The lowest BCUT2D eigenvalue weighted by Crippen LogP contribution is -2.60. The number of benzene rings is 3. The molecule has 3 aromatic carbocycles. The standard InChI is InChI=1S/C42H56N3O9P/c1-28(2)45(29(3)4)55(24-12-23-48-6)54-37-36-39(44-25-30(5)38(46)43-40(44)47)53-41(37,26-51-36)27-52-42(31-13-10-9-11-14-31,32-15-19-34(49-7)20-16-32)33-17-21-35(50-8)22-18-33/h9-11,13-22,28-30,36-37,39H,12,23-27H2,1-8H3,(H,43,46,47)/t30?,36-,37+,39-,41-,55?/m1/s1. The molecule has 0 saturated carbocycles. The molecule has 3 heterocycles. The minimum Gasteiger partial charge on any atom is -0.497 e. The van der Waals surface area contributed by atoms with Crippen molar-refractivity contribution in [1.29, 1.82) is 0 Å². The Morgan fingerprint density at radius 3 is 2.02 bits per heavy atom. The smallest absolute Gasteiger partial charge is 0.326 e. The summed E-state index contributed by atoms with van der Waals surface area (Å²) in [7, 11) is 3.82. The molecule has 3 amide bonds. The summed E-state index contributed by atoms with van der Waals surface area (Å²) in [4.78, 5) is 27.5. The van der Waals surface area contributed by atoms with Crippen LogP contribution in [0.2, 0.25) is 0 Å². The van der Waals surface area contributed by atoms with Crippen molar-refractivity contribution in [2.75, 3.05) is 53.9 Å². The fourth-order valence-corrected chi connectivity index (χ4v) is 10.4. The van der Waals surface area contributed by atoms with Gasteiger partial charge in [-0.2, -0.15) is 0 Å². The van der Waals surface area contributed by atoms with Crippen LogP contribution >= 0.6 is 8.30 Å². The zero-order valence-corrected chi connectivity index (χ0v) is 34.1. The molecule has 6 rings (SSSR count). The number of hydrogen-bond acceptors (Lipinski definition) is 10. The monoisotopic (exact) mass is 777 g/mol. The molecule has 1 N–H and O–H groups in total. The van der Waals surface area contributed by atoms with Crippen LogP contribution in [0.5, 0.6) is 11.5 Å². The number of carbonyl (C=O) groups is 2. The predicted octanol–water partition coefficient (Wildman–Crippen LogP) is 6.55. The van der Waals surface area contributed by atoms with Gasteiger partial charge in [0.25, 0.3) is 0 Å². The number of nitrogens with zero attached hydrogens (tertiary/aromatic N) is 2. The van der Waals surface area contributed by atoms with E-state index in [0.29, 0.717) is 6.61 Å². The van der Waals surface area contributed by atoms with E-state index in [1.165, 1.54) is 0 Å². The van der Waals surface area contributed by atoms with Crippen LogP contribution in [0.3, 0.4) is 0 Å². The molecule has 12 nitrogen and oxygen atoms in total. The summed E-state index contributed by atoms with van der Waals surface area (Å²) in [5.74, 6) is 0.701. The number of rotatable bonds is 18. The van der Waals surface area contributed by atoms with Gasteiger partial charge in [-0.3, -0.25) is 19.7 Å². The van der Waals surface area contributed by atoms with Crippen LogP contribution in [0.15, 0.2) is 78.9 Å². The van der Waals surface area contributed by atoms with E-state index in [1.807, 2.05) is 66.7 Å². The molecule has 3 aliphatic rings. The third-order valence-electron chi connectivity index (χ3n) is 10.6. The number of urea groups is 1. The van der Waals surface area contributed by atoms with Gasteiger partial charge in [-0.25, -0.2) is 4.79 Å². The zero-order valence-electron chi connectivity index (χ0n) is 33.2. The first-order chi connectivity index (χ1) is 26.5. The number of nitrogens with one attached hydrogen (secondary N) is 1. The van der Waals surface area contributed by atoms with Gasteiger partial charge in [0.15, 0.2) is 6.23 Å². The fourth-order valence-electron chi connectivity index (χ4n) is 8.00. The van der Waals surface area contributed by atoms with E-state index in [-0.39, 0.29) is 37.7 Å². The van der Waals surface area contributed by atoms with Crippen LogP contribution in [0.1, 0.15) is 57.7 Å². The summed E-state index contributed by atoms with van der Waals surface area (Å²) in [6.45, 7) is 11.6. The number of amides is 3. The Hall–Kier alpha value is -3.61. The summed E-state index contributed by atoms with van der Waals surface area (Å²) < 4.78 is 47.4. The molecule has 0 aliphatic carbocycles. The Morgan fingerprint density at radius 1 is 0.891 bits per heavy atom. The average Bonchev–Trinajstić information content (AvgIpc) is 3.68. The van der Waals surface area contributed by atoms with Crippen LogP contribution in [0.4, 0.5) is 4.79 Å². The lowest BCUT2D eigenvalue weighted by Gasteiger charge is -2.42. The highest BCUT2D eigenvalue weighted by Gasteiger charge is 2.66. The Morgan fingerprint density at radius 2 is 1.47 bits per heavy atom. The van der Waals surface area contributed by atoms with Crippen LogP contribution < -0.4 is 14.8 Å². The summed E-state index contributed by atoms with van der Waals surface area (Å²) in [5.41, 5.74) is 0.394. The lowest BCUT2D eigenvalue weighted by atomic mass is 9.79. The maximum Gasteiger partial charge on any atom is 0.326 e. The van der Waals surface area contributed by atoms with Gasteiger partial charge in [0.05, 0.1) is 33.4 Å². The van der Waals surface area contributed by atoms with Gasteiger partial charge in [-0.05, 0) is 75.1 Å². The fraction of sp³-hybridized carbons (Fsp3) is 0.524. The Labute approximate surface area is 326 Å². The van der Waals surface area contributed by atoms with E-state index in [2.05, 4.69) is 49.8 Å². The molecule has 2 bridgehead atoms. The molecule has 55 heavy (non-hydrogen) atoms. The van der Waals surface area contributed by atoms with Crippen molar-refractivity contribution in [3.05, 3.63) is 95.6 Å². The van der Waals surface area contributed by atoms with Crippen molar-refractivity contribution >= 4 is 20.2 Å². The first-order valence-electron chi connectivity index (χ1n) is 19.1. The molecule has 0 radical (unpaired) electrons. The maximum absolute atomic E-state index is 13.4. The van der Waals surface area contributed by atoms with Gasteiger partial charge < -0.3 is 32.9 Å². The topological polar surface area (TPSA) is 117 Å². The minimum absolute atomic E-state index is 0.0478. The van der Waals surface area contributed by atoms with Gasteiger partial charge in [0.2, 0.25) is 5.91 Å². The molecule has 3 fully saturated rings. The molecular formula is C42H56N3O9P. The van der Waals surface area contributed by atoms with Crippen LogP contribution in [-0.2, 0) is 33.9 Å². The molecule has 0 aromatic heterocycles. The molecular weight excluding hydrogens is 721 g/mol. The van der Waals surface area contributed by atoms with Crippen molar-refractivity contribution in [1.82, 2.24) is 14.9 Å². The van der Waals surface area contributed by atoms with E-state index in [4.69, 9.17) is 32.9 Å². The highest BCUT2D eigenvalue weighted by atomic mass is 31.2. The quantitative estimate of drug-likeness (QED) is 0.0867. The van der Waals surface area contributed by atoms with Crippen molar-refractivity contribution in [2.45, 2.75) is 82.8 Å². The number of ether oxygens (including phenoxy) is 6. The highest BCUT2D eigenvalue weighted by molar-refractivity contribution is 7.50. The van der Waals surface area contributed by atoms with Gasteiger partial charge in [0.1, 0.15) is 43.2 Å². The van der Waals surface area contributed by atoms with Gasteiger partial charge in [-0.15, -0.1) is 0 Å². The zero-order chi connectivity index (χ0) is 39.3. The molecule has 3 aliphatic heterocycles. The van der Waals surface area contributed by atoms with E-state index in [1.54, 1.807) is 33.2 Å². The van der Waals surface area contributed by atoms with Crippen molar-refractivity contribution in [3.8, 4) is 11.5 Å². The van der Waals surface area contributed by atoms with Gasteiger partial charge >= 0.3 is 6.03 Å². The Kier molecular flexibility index (Phi) is 13.2. The van der Waals surface area contributed by atoms with E-state index < -0.39 is 49.9 Å². The van der Waals surface area contributed by atoms with E-state index in [9.17, 15) is 9.59 Å². The second kappa shape index (κ2) is 17.7. The van der Waals surface area contributed by atoms with Crippen molar-refractivity contribution < 1.29 is 42.5 Å². The Balaban J connectivity index is 1.46. The van der Waals surface area contributed by atoms with Gasteiger partial charge in [-0.1, -0.05) is 61.5 Å². The first kappa shape index (κ1) is 41.0. The number of hydrogen-bond donors (Lipinski definition) is 1. The number of imide groups is 1. The molecule has 3 saturated heterocycles. The second-order valence-corrected chi connectivity index (χ2v) is 16.8. The number of carbonyl (C=O) groups excluding carboxylic acids is 2. The van der Waals surface area contributed by atoms with Crippen LogP contribution in [-0.4, -0.2) is 111 Å². The van der Waals surface area contributed by atoms with Crippen LogP contribution in [0.25, 0.3) is 0 Å². The lowest BCUT2D eigenvalue weighted by molar-refractivity contribution is -0.212. The van der Waals surface area contributed by atoms with E-state index >= 15 is 0 Å². The third kappa shape index (κ3) is 8.28. The normalized spacial score (nSPS) is 24.5. The summed E-state index contributed by atoms with van der Waals surface area (Å²) in [6.07, 6.45) is -0.465. The van der Waals surface area contributed by atoms with Crippen molar-refractivity contribution in [2.24, 2.45) is 5.92 Å². The number of fused-ring (bicyclic) bond motifs is 2. The maximum atomic E-state index is 13.4. The van der Waals surface area contributed by atoms with Crippen molar-refractivity contribution in [3.63, 3.8) is 0 Å². The molecule has 3 aromatic rings. The predicted molar refractivity (Wildman–Crippen MR) is 210 cm³/mol. The highest BCUT2D eigenvalue weighted by Crippen LogP contribution is 2.54. The summed E-state index contributed by atoms with van der Waals surface area (Å²) in [5, 5.41) is 2.51. The summed E-state index contributed by atoms with van der Waals surface area (Å²) in [6, 6.07) is 25.8. The average molecular weight is 778 g/mol. The minimum atomic E-state index is -1.18. The molecule has 0 spiro atoms.